The molecule has 0 fully saturated rings. The average Bonchev–Trinajstić information content (AvgIpc) is 3.01. The van der Waals surface area contributed by atoms with Crippen LogP contribution in [0.2, 0.25) is 0 Å². The molecule has 0 saturated carbocycles. The molecule has 3 aromatic heterocycles. The third-order valence-electron chi connectivity index (χ3n) is 1.90. The Labute approximate surface area is 89.1 Å². The highest BCUT2D eigenvalue weighted by Crippen LogP contribution is 2.18. The van der Waals surface area contributed by atoms with Crippen molar-refractivity contribution in [3.63, 3.8) is 0 Å². The fraction of sp³-hybridized carbons (Fsp3) is 0. The number of pyridine rings is 1. The van der Waals surface area contributed by atoms with E-state index in [1.807, 2.05) is 6.07 Å². The first kappa shape index (κ1) is 8.72. The molecule has 0 amide bonds. The molecule has 3 rings (SSSR count). The molecule has 3 aromatic rings. The fourth-order valence-electron chi connectivity index (χ4n) is 1.19. The van der Waals surface area contributed by atoms with E-state index in [1.54, 1.807) is 18.5 Å². The van der Waals surface area contributed by atoms with Gasteiger partial charge in [0.1, 0.15) is 0 Å². The minimum absolute atomic E-state index is 0.215. The lowest BCUT2D eigenvalue weighted by Crippen LogP contribution is -1.82. The number of aromatic nitrogens is 5. The van der Waals surface area contributed by atoms with Gasteiger partial charge in [-0.25, -0.2) is 0 Å². The summed E-state index contributed by atoms with van der Waals surface area (Å²) >= 11 is 0. The lowest BCUT2D eigenvalue weighted by Gasteiger charge is -1.89. The Kier molecular flexibility index (Phi) is 1.93. The van der Waals surface area contributed by atoms with E-state index in [0.717, 1.165) is 5.56 Å². The molecular formula is C9H5N5O2. The zero-order valence-electron chi connectivity index (χ0n) is 7.94. The SMILES string of the molecule is c1cncc(-c2noc(-c3ncon3)n2)c1. The second-order valence-corrected chi connectivity index (χ2v) is 2.92. The third-order valence-corrected chi connectivity index (χ3v) is 1.90. The second kappa shape index (κ2) is 3.54. The quantitative estimate of drug-likeness (QED) is 0.633. The third kappa shape index (κ3) is 1.44. The predicted molar refractivity (Wildman–Crippen MR) is 50.8 cm³/mol. The van der Waals surface area contributed by atoms with Crippen molar-refractivity contribution in [2.75, 3.05) is 0 Å². The second-order valence-electron chi connectivity index (χ2n) is 2.92. The van der Waals surface area contributed by atoms with Crippen LogP contribution in [0.4, 0.5) is 0 Å². The lowest BCUT2D eigenvalue weighted by molar-refractivity contribution is 0.404. The molecule has 0 radical (unpaired) electrons. The Bertz CT molecular complexity index is 575. The van der Waals surface area contributed by atoms with E-state index in [-0.39, 0.29) is 11.7 Å². The van der Waals surface area contributed by atoms with Crippen molar-refractivity contribution < 1.29 is 9.05 Å². The Morgan fingerprint density at radius 1 is 1.12 bits per heavy atom. The molecular weight excluding hydrogens is 210 g/mol. The molecule has 3 heterocycles. The van der Waals surface area contributed by atoms with E-state index >= 15 is 0 Å². The van der Waals surface area contributed by atoms with Gasteiger partial charge in [-0.05, 0) is 12.1 Å². The Balaban J connectivity index is 2.00. The van der Waals surface area contributed by atoms with Gasteiger partial charge in [0.25, 0.3) is 11.7 Å². The molecule has 7 nitrogen and oxygen atoms in total. The summed E-state index contributed by atoms with van der Waals surface area (Å²) in [6.45, 7) is 0. The molecule has 78 valence electrons. The van der Waals surface area contributed by atoms with E-state index in [4.69, 9.17) is 4.52 Å². The van der Waals surface area contributed by atoms with Gasteiger partial charge < -0.3 is 9.05 Å². The molecule has 0 aliphatic rings. The summed E-state index contributed by atoms with van der Waals surface area (Å²) < 4.78 is 9.57. The maximum Gasteiger partial charge on any atom is 0.299 e. The molecule has 16 heavy (non-hydrogen) atoms. The number of hydrogen-bond donors (Lipinski definition) is 0. The van der Waals surface area contributed by atoms with Crippen molar-refractivity contribution in [3.05, 3.63) is 30.9 Å². The van der Waals surface area contributed by atoms with Crippen LogP contribution in [0.3, 0.4) is 0 Å². The smallest absolute Gasteiger partial charge is 0.299 e. The predicted octanol–water partition coefficient (Wildman–Crippen LogP) is 1.18. The van der Waals surface area contributed by atoms with Crippen LogP contribution >= 0.6 is 0 Å². The lowest BCUT2D eigenvalue weighted by atomic mass is 10.3. The average molecular weight is 215 g/mol. The number of hydrogen-bond acceptors (Lipinski definition) is 7. The van der Waals surface area contributed by atoms with Crippen LogP contribution in [-0.2, 0) is 0 Å². The molecule has 0 bridgehead atoms. The van der Waals surface area contributed by atoms with Gasteiger partial charge in [-0.3, -0.25) is 4.98 Å². The topological polar surface area (TPSA) is 90.7 Å². The summed E-state index contributed by atoms with van der Waals surface area (Å²) in [6.07, 6.45) is 4.51. The van der Waals surface area contributed by atoms with Crippen LogP contribution in [-0.4, -0.2) is 25.3 Å². The maximum absolute atomic E-state index is 4.99. The van der Waals surface area contributed by atoms with Gasteiger partial charge in [0.15, 0.2) is 0 Å². The van der Waals surface area contributed by atoms with Crippen LogP contribution in [0.25, 0.3) is 23.1 Å². The molecule has 0 aliphatic carbocycles. The zero-order valence-corrected chi connectivity index (χ0v) is 7.94. The Morgan fingerprint density at radius 3 is 2.88 bits per heavy atom. The molecule has 7 heteroatoms. The highest BCUT2D eigenvalue weighted by atomic mass is 16.5. The van der Waals surface area contributed by atoms with E-state index in [2.05, 4.69) is 29.8 Å². The number of rotatable bonds is 2. The van der Waals surface area contributed by atoms with E-state index in [9.17, 15) is 0 Å². The van der Waals surface area contributed by atoms with Crippen molar-refractivity contribution in [1.29, 1.82) is 0 Å². The highest BCUT2D eigenvalue weighted by molar-refractivity contribution is 5.54. The minimum Gasteiger partial charge on any atom is -0.342 e. The standard InChI is InChI=1S/C9H5N5O2/c1-2-6(4-10-3-1)7-12-9(16-14-7)8-11-5-15-13-8/h1-5H. The summed E-state index contributed by atoms with van der Waals surface area (Å²) in [5.74, 6) is 0.920. The van der Waals surface area contributed by atoms with Crippen LogP contribution in [0.15, 0.2) is 40.0 Å². The summed E-state index contributed by atoms with van der Waals surface area (Å²) in [6, 6.07) is 3.62. The first-order valence-electron chi connectivity index (χ1n) is 4.44. The summed E-state index contributed by atoms with van der Waals surface area (Å²) in [5.41, 5.74) is 0.765. The zero-order chi connectivity index (χ0) is 10.8. The van der Waals surface area contributed by atoms with Gasteiger partial charge in [-0.15, -0.1) is 0 Å². The Hall–Kier alpha value is -2.57. The van der Waals surface area contributed by atoms with Crippen LogP contribution in [0, 0.1) is 0 Å². The van der Waals surface area contributed by atoms with Gasteiger partial charge in [-0.1, -0.05) is 10.3 Å². The Morgan fingerprint density at radius 2 is 2.12 bits per heavy atom. The van der Waals surface area contributed by atoms with Crippen molar-refractivity contribution >= 4 is 0 Å². The van der Waals surface area contributed by atoms with Gasteiger partial charge >= 0.3 is 0 Å². The van der Waals surface area contributed by atoms with Gasteiger partial charge in [0, 0.05) is 18.0 Å². The first-order chi connectivity index (χ1) is 7.93. The maximum atomic E-state index is 4.99. The van der Waals surface area contributed by atoms with Gasteiger partial charge in [-0.2, -0.15) is 9.97 Å². The molecule has 0 aliphatic heterocycles. The molecule has 0 unspecified atom stereocenters. The number of nitrogens with zero attached hydrogens (tertiary/aromatic N) is 5. The molecule has 0 aromatic carbocycles. The molecule has 0 atom stereocenters. The van der Waals surface area contributed by atoms with Gasteiger partial charge in [0.2, 0.25) is 12.2 Å². The van der Waals surface area contributed by atoms with E-state index in [0.29, 0.717) is 5.82 Å². The van der Waals surface area contributed by atoms with Crippen LogP contribution in [0.1, 0.15) is 0 Å². The largest absolute Gasteiger partial charge is 0.342 e. The van der Waals surface area contributed by atoms with E-state index in [1.165, 1.54) is 6.39 Å². The monoisotopic (exact) mass is 215 g/mol. The summed E-state index contributed by atoms with van der Waals surface area (Å²) in [4.78, 5) is 11.9. The van der Waals surface area contributed by atoms with E-state index < -0.39 is 0 Å². The molecule has 0 spiro atoms. The molecule has 0 saturated heterocycles. The van der Waals surface area contributed by atoms with Crippen LogP contribution < -0.4 is 0 Å². The van der Waals surface area contributed by atoms with Crippen molar-refractivity contribution in [2.45, 2.75) is 0 Å². The first-order valence-corrected chi connectivity index (χ1v) is 4.44. The van der Waals surface area contributed by atoms with Gasteiger partial charge in [0.05, 0.1) is 0 Å². The fourth-order valence-corrected chi connectivity index (χ4v) is 1.19. The van der Waals surface area contributed by atoms with Crippen molar-refractivity contribution in [3.8, 4) is 23.1 Å². The minimum atomic E-state index is 0.215. The van der Waals surface area contributed by atoms with Crippen molar-refractivity contribution in [1.82, 2.24) is 25.3 Å². The summed E-state index contributed by atoms with van der Waals surface area (Å²) in [5, 5.41) is 7.39. The van der Waals surface area contributed by atoms with Crippen LogP contribution in [0.5, 0.6) is 0 Å². The molecule has 0 N–H and O–H groups in total. The normalized spacial score (nSPS) is 10.5. The summed E-state index contributed by atoms with van der Waals surface area (Å²) in [7, 11) is 0. The highest BCUT2D eigenvalue weighted by Gasteiger charge is 2.13. The van der Waals surface area contributed by atoms with Crippen molar-refractivity contribution in [2.24, 2.45) is 0 Å².